The molecule has 90 valence electrons. The third-order valence-corrected chi connectivity index (χ3v) is 2.38. The molecule has 0 radical (unpaired) electrons. The molecule has 1 aromatic carbocycles. The lowest BCUT2D eigenvalue weighted by Crippen LogP contribution is -2.00. The summed E-state index contributed by atoms with van der Waals surface area (Å²) in [5.41, 5.74) is 1.82. The van der Waals surface area contributed by atoms with E-state index in [1.54, 1.807) is 23.9 Å². The SMILES string of the molecule is COc1nn(C)cc1NCc1ccc(F)cc1. The van der Waals surface area contributed by atoms with Crippen LogP contribution in [0.15, 0.2) is 30.5 Å². The van der Waals surface area contributed by atoms with E-state index in [1.165, 1.54) is 12.1 Å². The number of anilines is 1. The van der Waals surface area contributed by atoms with Gasteiger partial charge in [0, 0.05) is 13.6 Å². The van der Waals surface area contributed by atoms with Gasteiger partial charge in [0.05, 0.1) is 13.3 Å². The van der Waals surface area contributed by atoms with Crippen molar-refractivity contribution in [3.63, 3.8) is 0 Å². The van der Waals surface area contributed by atoms with Crippen LogP contribution in [0.3, 0.4) is 0 Å². The average Bonchev–Trinajstić information content (AvgIpc) is 2.69. The first-order chi connectivity index (χ1) is 8.19. The zero-order valence-electron chi connectivity index (χ0n) is 9.77. The second-order valence-corrected chi connectivity index (χ2v) is 3.71. The molecule has 1 aromatic heterocycles. The summed E-state index contributed by atoms with van der Waals surface area (Å²) in [6.45, 7) is 0.600. The maximum absolute atomic E-state index is 12.7. The first kappa shape index (κ1) is 11.4. The van der Waals surface area contributed by atoms with Gasteiger partial charge >= 0.3 is 0 Å². The summed E-state index contributed by atoms with van der Waals surface area (Å²) in [6, 6.07) is 6.37. The van der Waals surface area contributed by atoms with Crippen LogP contribution in [0.25, 0.3) is 0 Å². The van der Waals surface area contributed by atoms with E-state index in [9.17, 15) is 4.39 Å². The van der Waals surface area contributed by atoms with Crippen LogP contribution in [-0.2, 0) is 13.6 Å². The number of ether oxygens (including phenoxy) is 1. The monoisotopic (exact) mass is 235 g/mol. The molecule has 17 heavy (non-hydrogen) atoms. The van der Waals surface area contributed by atoms with Gasteiger partial charge in [-0.2, -0.15) is 0 Å². The minimum Gasteiger partial charge on any atom is -0.478 e. The number of benzene rings is 1. The summed E-state index contributed by atoms with van der Waals surface area (Å²) in [5, 5.41) is 7.32. The third kappa shape index (κ3) is 2.75. The van der Waals surface area contributed by atoms with Crippen molar-refractivity contribution in [3.05, 3.63) is 41.8 Å². The van der Waals surface area contributed by atoms with Crippen molar-refractivity contribution in [1.82, 2.24) is 9.78 Å². The summed E-state index contributed by atoms with van der Waals surface area (Å²) in [6.07, 6.45) is 1.84. The third-order valence-electron chi connectivity index (χ3n) is 2.38. The van der Waals surface area contributed by atoms with Gasteiger partial charge in [0.2, 0.25) is 0 Å². The van der Waals surface area contributed by atoms with Crippen molar-refractivity contribution in [2.24, 2.45) is 7.05 Å². The topological polar surface area (TPSA) is 39.1 Å². The van der Waals surface area contributed by atoms with Crippen LogP contribution in [0.4, 0.5) is 10.1 Å². The maximum Gasteiger partial charge on any atom is 0.256 e. The molecule has 0 fully saturated rings. The smallest absolute Gasteiger partial charge is 0.256 e. The van der Waals surface area contributed by atoms with Gasteiger partial charge < -0.3 is 10.1 Å². The molecule has 0 amide bonds. The molecule has 1 heterocycles. The predicted octanol–water partition coefficient (Wildman–Crippen LogP) is 2.18. The molecule has 5 heteroatoms. The minimum atomic E-state index is -0.229. The summed E-state index contributed by atoms with van der Waals surface area (Å²) in [4.78, 5) is 0. The Morgan fingerprint density at radius 3 is 2.71 bits per heavy atom. The van der Waals surface area contributed by atoms with Gasteiger partial charge in [0.15, 0.2) is 0 Å². The molecule has 0 unspecified atom stereocenters. The molecule has 2 rings (SSSR count). The Morgan fingerprint density at radius 1 is 1.35 bits per heavy atom. The Morgan fingerprint density at radius 2 is 2.06 bits per heavy atom. The molecule has 0 aliphatic rings. The Kier molecular flexibility index (Phi) is 3.27. The highest BCUT2D eigenvalue weighted by atomic mass is 19.1. The Labute approximate surface area is 99.0 Å². The zero-order valence-corrected chi connectivity index (χ0v) is 9.77. The van der Waals surface area contributed by atoms with Crippen molar-refractivity contribution in [1.29, 1.82) is 0 Å². The highest BCUT2D eigenvalue weighted by molar-refractivity contribution is 5.51. The summed E-state index contributed by atoms with van der Waals surface area (Å²) in [7, 11) is 3.40. The molecule has 0 saturated carbocycles. The quantitative estimate of drug-likeness (QED) is 0.882. The fourth-order valence-corrected chi connectivity index (χ4v) is 1.54. The van der Waals surface area contributed by atoms with Gasteiger partial charge in [-0.15, -0.1) is 5.10 Å². The van der Waals surface area contributed by atoms with Crippen LogP contribution in [0.1, 0.15) is 5.56 Å². The summed E-state index contributed by atoms with van der Waals surface area (Å²) < 4.78 is 19.5. The second-order valence-electron chi connectivity index (χ2n) is 3.71. The lowest BCUT2D eigenvalue weighted by Gasteiger charge is -2.05. The van der Waals surface area contributed by atoms with Crippen LogP contribution in [0, 0.1) is 5.82 Å². The highest BCUT2D eigenvalue weighted by Gasteiger charge is 2.06. The van der Waals surface area contributed by atoms with Crippen LogP contribution in [0.5, 0.6) is 5.88 Å². The zero-order chi connectivity index (χ0) is 12.3. The van der Waals surface area contributed by atoms with E-state index >= 15 is 0 Å². The molecule has 2 aromatic rings. The van der Waals surface area contributed by atoms with E-state index in [1.807, 2.05) is 13.2 Å². The van der Waals surface area contributed by atoms with Gasteiger partial charge in [-0.3, -0.25) is 4.68 Å². The molecular formula is C12H14FN3O. The Balaban J connectivity index is 2.04. The Bertz CT molecular complexity index is 493. The van der Waals surface area contributed by atoms with Crippen molar-refractivity contribution in [3.8, 4) is 5.88 Å². The van der Waals surface area contributed by atoms with Crippen molar-refractivity contribution in [2.75, 3.05) is 12.4 Å². The number of methoxy groups -OCH3 is 1. The average molecular weight is 235 g/mol. The van der Waals surface area contributed by atoms with E-state index in [-0.39, 0.29) is 5.82 Å². The molecule has 0 atom stereocenters. The number of hydrogen-bond donors (Lipinski definition) is 1. The standard InChI is InChI=1S/C12H14FN3O/c1-16-8-11(12(15-16)17-2)14-7-9-3-5-10(13)6-4-9/h3-6,8,14H,7H2,1-2H3. The van der Waals surface area contributed by atoms with Crippen molar-refractivity contribution >= 4 is 5.69 Å². The van der Waals surface area contributed by atoms with Gasteiger partial charge in [0.1, 0.15) is 11.5 Å². The number of hydrogen-bond acceptors (Lipinski definition) is 3. The molecule has 0 aliphatic heterocycles. The maximum atomic E-state index is 12.7. The number of nitrogens with one attached hydrogen (secondary N) is 1. The van der Waals surface area contributed by atoms with Crippen molar-refractivity contribution < 1.29 is 9.13 Å². The fourth-order valence-electron chi connectivity index (χ4n) is 1.54. The largest absolute Gasteiger partial charge is 0.478 e. The molecule has 0 aliphatic carbocycles. The number of nitrogens with zero attached hydrogens (tertiary/aromatic N) is 2. The van der Waals surface area contributed by atoms with Crippen molar-refractivity contribution in [2.45, 2.75) is 6.54 Å². The van der Waals surface area contributed by atoms with E-state index in [4.69, 9.17) is 4.74 Å². The molecular weight excluding hydrogens is 221 g/mol. The molecule has 1 N–H and O–H groups in total. The van der Waals surface area contributed by atoms with Gasteiger partial charge in [-0.1, -0.05) is 12.1 Å². The lowest BCUT2D eigenvalue weighted by molar-refractivity contribution is 0.393. The molecule has 4 nitrogen and oxygen atoms in total. The number of halogens is 1. The number of aromatic nitrogens is 2. The van der Waals surface area contributed by atoms with E-state index in [0.29, 0.717) is 12.4 Å². The van der Waals surface area contributed by atoms with Crippen LogP contribution < -0.4 is 10.1 Å². The number of aryl methyl sites for hydroxylation is 1. The molecule has 0 saturated heterocycles. The minimum absolute atomic E-state index is 0.229. The van der Waals surface area contributed by atoms with Crippen LogP contribution in [0.2, 0.25) is 0 Å². The van der Waals surface area contributed by atoms with Gasteiger partial charge in [-0.05, 0) is 17.7 Å². The second kappa shape index (κ2) is 4.86. The Hall–Kier alpha value is -2.04. The normalized spacial score (nSPS) is 10.3. The van der Waals surface area contributed by atoms with E-state index in [0.717, 1.165) is 11.3 Å². The summed E-state index contributed by atoms with van der Waals surface area (Å²) >= 11 is 0. The van der Waals surface area contributed by atoms with Gasteiger partial charge in [-0.25, -0.2) is 4.39 Å². The molecule has 0 spiro atoms. The summed E-state index contributed by atoms with van der Waals surface area (Å²) in [5.74, 6) is 0.322. The lowest BCUT2D eigenvalue weighted by atomic mass is 10.2. The van der Waals surface area contributed by atoms with Crippen LogP contribution in [-0.4, -0.2) is 16.9 Å². The van der Waals surface area contributed by atoms with E-state index < -0.39 is 0 Å². The fraction of sp³-hybridized carbons (Fsp3) is 0.250. The first-order valence-corrected chi connectivity index (χ1v) is 5.25. The first-order valence-electron chi connectivity index (χ1n) is 5.25. The molecule has 0 bridgehead atoms. The van der Waals surface area contributed by atoms with E-state index in [2.05, 4.69) is 10.4 Å². The predicted molar refractivity (Wildman–Crippen MR) is 63.5 cm³/mol. The highest BCUT2D eigenvalue weighted by Crippen LogP contribution is 2.21. The van der Waals surface area contributed by atoms with Gasteiger partial charge in [0.25, 0.3) is 5.88 Å². The number of rotatable bonds is 4. The van der Waals surface area contributed by atoms with Crippen LogP contribution >= 0.6 is 0 Å².